The molecule has 140 valence electrons. The molecule has 0 aliphatic carbocycles. The molecule has 0 aromatic heterocycles. The summed E-state index contributed by atoms with van der Waals surface area (Å²) in [5.41, 5.74) is 0. The van der Waals surface area contributed by atoms with Crippen molar-refractivity contribution in [2.24, 2.45) is 5.92 Å². The Labute approximate surface area is 135 Å². The van der Waals surface area contributed by atoms with Crippen molar-refractivity contribution in [1.82, 2.24) is 0 Å². The Balaban J connectivity index is 2.27. The van der Waals surface area contributed by atoms with E-state index in [4.69, 9.17) is 9.47 Å². The van der Waals surface area contributed by atoms with E-state index in [2.05, 4.69) is 4.74 Å². The maximum atomic E-state index is 10.5. The van der Waals surface area contributed by atoms with Gasteiger partial charge in [0.15, 0.2) is 12.6 Å². The van der Waals surface area contributed by atoms with Crippen LogP contribution in [-0.4, -0.2) is 104 Å². The number of carbonyl (C=O) groups is 1. The van der Waals surface area contributed by atoms with Crippen LogP contribution in [0.1, 0.15) is 0 Å². The lowest BCUT2D eigenvalue weighted by atomic mass is 9.79. The Morgan fingerprint density at radius 2 is 1.54 bits per heavy atom. The molecule has 0 saturated carbocycles. The monoisotopic (exact) mass is 355 g/mol. The predicted molar refractivity (Wildman–Crippen MR) is 66.6 cm³/mol. The normalized spacial score (nSPS) is 49.6. The van der Waals surface area contributed by atoms with Gasteiger partial charge in [0, 0.05) is 5.92 Å². The minimum atomic E-state index is -2.07. The first-order valence-corrected chi connectivity index (χ1v) is 7.06. The second-order valence-corrected chi connectivity index (χ2v) is 5.61. The van der Waals surface area contributed by atoms with Gasteiger partial charge in [-0.3, -0.25) is 0 Å². The van der Waals surface area contributed by atoms with Crippen LogP contribution < -0.4 is 5.11 Å². The van der Waals surface area contributed by atoms with Crippen LogP contribution in [0, 0.1) is 5.92 Å². The van der Waals surface area contributed by atoms with E-state index in [1.807, 2.05) is 0 Å². The van der Waals surface area contributed by atoms with E-state index < -0.39 is 74.0 Å². The largest absolute Gasteiger partial charge is 0.518 e. The van der Waals surface area contributed by atoms with E-state index in [9.17, 15) is 45.6 Å². The Bertz CT molecular complexity index is 444. The van der Waals surface area contributed by atoms with Gasteiger partial charge in [-0.25, -0.2) is 0 Å². The number of carboxylic acid groups (broad SMARTS) is 1. The van der Waals surface area contributed by atoms with Crippen molar-refractivity contribution in [2.75, 3.05) is 6.61 Å². The molecule has 24 heavy (non-hydrogen) atoms. The van der Waals surface area contributed by atoms with E-state index in [0.717, 1.165) is 0 Å². The first-order valence-electron chi connectivity index (χ1n) is 7.06. The van der Waals surface area contributed by atoms with Crippen LogP contribution in [-0.2, 0) is 14.2 Å². The number of hydrogen-bond acceptors (Lipinski definition) is 12. The third-order valence-corrected chi connectivity index (χ3v) is 4.16. The van der Waals surface area contributed by atoms with Gasteiger partial charge in [0.05, 0.1) is 24.9 Å². The molecule has 2 fully saturated rings. The lowest BCUT2D eigenvalue weighted by Gasteiger charge is -2.49. The summed E-state index contributed by atoms with van der Waals surface area (Å²) in [5.74, 6) is -1.39. The Morgan fingerprint density at radius 3 is 2.08 bits per heavy atom. The molecule has 2 aliphatic rings. The summed E-state index contributed by atoms with van der Waals surface area (Å²) in [7, 11) is 0. The molecule has 0 aromatic carbocycles. The lowest BCUT2D eigenvalue weighted by molar-refractivity contribution is -0.356. The zero-order valence-corrected chi connectivity index (χ0v) is 12.2. The van der Waals surface area contributed by atoms with E-state index in [-0.39, 0.29) is 0 Å². The molecule has 0 bridgehead atoms. The number of aliphatic hydroxyl groups is 7. The molecule has 12 heteroatoms. The van der Waals surface area contributed by atoms with Crippen molar-refractivity contribution in [1.29, 1.82) is 0 Å². The van der Waals surface area contributed by atoms with Gasteiger partial charge in [0.25, 0.3) is 6.16 Å². The molecule has 2 aliphatic heterocycles. The number of hydrogen-bond donors (Lipinski definition) is 7. The molecule has 0 aromatic rings. The van der Waals surface area contributed by atoms with Gasteiger partial charge >= 0.3 is 0 Å². The van der Waals surface area contributed by atoms with E-state index in [0.29, 0.717) is 0 Å². The zero-order chi connectivity index (χ0) is 18.2. The highest BCUT2D eigenvalue weighted by Gasteiger charge is 2.54. The first kappa shape index (κ1) is 19.2. The number of aliphatic hydroxyl groups excluding tert-OH is 7. The molecule has 2 rings (SSSR count). The molecule has 12 nitrogen and oxygen atoms in total. The van der Waals surface area contributed by atoms with Crippen LogP contribution in [0.15, 0.2) is 0 Å². The van der Waals surface area contributed by atoms with E-state index in [1.54, 1.807) is 0 Å². The van der Waals surface area contributed by atoms with Gasteiger partial charge < -0.3 is 59.9 Å². The average molecular weight is 355 g/mol. The average Bonchev–Trinajstić information content (AvgIpc) is 2.53. The lowest BCUT2D eigenvalue weighted by Crippen LogP contribution is -2.67. The van der Waals surface area contributed by atoms with Crippen molar-refractivity contribution >= 4 is 6.16 Å². The Kier molecular flexibility index (Phi) is 5.95. The fraction of sp³-hybridized carbons (Fsp3) is 0.917. The van der Waals surface area contributed by atoms with Crippen molar-refractivity contribution in [3.05, 3.63) is 0 Å². The summed E-state index contributed by atoms with van der Waals surface area (Å²) in [5, 5.41) is 78.6. The van der Waals surface area contributed by atoms with Crippen LogP contribution in [0.2, 0.25) is 0 Å². The minimum Gasteiger partial charge on any atom is -0.518 e. The fourth-order valence-electron chi connectivity index (χ4n) is 2.92. The summed E-state index contributed by atoms with van der Waals surface area (Å²) < 4.78 is 14.1. The second-order valence-electron chi connectivity index (χ2n) is 5.61. The molecule has 10 atom stereocenters. The van der Waals surface area contributed by atoms with Crippen molar-refractivity contribution in [2.45, 2.75) is 55.3 Å². The van der Waals surface area contributed by atoms with E-state index >= 15 is 0 Å². The molecule has 2 heterocycles. The molecule has 0 spiro atoms. The van der Waals surface area contributed by atoms with Gasteiger partial charge in [0.2, 0.25) is 0 Å². The zero-order valence-electron chi connectivity index (χ0n) is 12.2. The number of carbonyl (C=O) groups excluding carboxylic acids is 1. The third-order valence-electron chi connectivity index (χ3n) is 4.16. The first-order chi connectivity index (χ1) is 11.2. The van der Waals surface area contributed by atoms with Gasteiger partial charge in [-0.2, -0.15) is 0 Å². The van der Waals surface area contributed by atoms with Gasteiger partial charge in [-0.15, -0.1) is 0 Å². The summed E-state index contributed by atoms with van der Waals surface area (Å²) in [6.07, 6.45) is -18.1. The van der Waals surface area contributed by atoms with Gasteiger partial charge in [0.1, 0.15) is 24.4 Å². The van der Waals surface area contributed by atoms with Crippen LogP contribution in [0.25, 0.3) is 0 Å². The van der Waals surface area contributed by atoms with Crippen LogP contribution in [0.3, 0.4) is 0 Å². The molecule has 0 radical (unpaired) electrons. The highest BCUT2D eigenvalue weighted by Crippen LogP contribution is 2.35. The van der Waals surface area contributed by atoms with Crippen molar-refractivity contribution < 1.29 is 59.9 Å². The predicted octanol–water partition coefficient (Wildman–Crippen LogP) is -5.80. The highest BCUT2D eigenvalue weighted by molar-refractivity contribution is 5.54. The SMILES string of the molecule is O=C([O-])O[C@H]1O[C@H]([C@H]2[C@H](O)[C@@H](O)C(O)O[C@@H]2CO)[C@H](O)[C@@H](O)[C@@H]1O. The second kappa shape index (κ2) is 7.43. The van der Waals surface area contributed by atoms with E-state index in [1.165, 1.54) is 0 Å². The fourth-order valence-corrected chi connectivity index (χ4v) is 2.92. The highest BCUT2D eigenvalue weighted by atomic mass is 16.8. The molecule has 7 N–H and O–H groups in total. The van der Waals surface area contributed by atoms with Gasteiger partial charge in [-0.05, 0) is 0 Å². The molecular weight excluding hydrogens is 336 g/mol. The van der Waals surface area contributed by atoms with Crippen LogP contribution >= 0.6 is 0 Å². The van der Waals surface area contributed by atoms with Crippen LogP contribution in [0.5, 0.6) is 0 Å². The maximum Gasteiger partial charge on any atom is 0.254 e. The molecular formula is C12H19O12-. The Hall–Kier alpha value is -1.09. The smallest absolute Gasteiger partial charge is 0.254 e. The quantitative estimate of drug-likeness (QED) is 0.236. The standard InChI is InChI=1S/C12H20O12/c13-1-2-3(4(14)7(17)10(19)22-2)9-6(16)5(15)8(18)11(23-9)24-12(20)21/h2-11,13-19H,1H2,(H,20,21)/p-1/t2-,3-,4+,5-,6-,7-,8+,9-,10?,11-/m1/s1. The maximum absolute atomic E-state index is 10.5. The van der Waals surface area contributed by atoms with Gasteiger partial charge in [-0.1, -0.05) is 0 Å². The van der Waals surface area contributed by atoms with Crippen molar-refractivity contribution in [3.63, 3.8) is 0 Å². The summed E-state index contributed by atoms with van der Waals surface area (Å²) >= 11 is 0. The van der Waals surface area contributed by atoms with Crippen LogP contribution in [0.4, 0.5) is 4.79 Å². The number of rotatable bonds is 3. The molecule has 2 saturated heterocycles. The molecule has 0 amide bonds. The summed E-state index contributed by atoms with van der Waals surface area (Å²) in [4.78, 5) is 10.5. The summed E-state index contributed by atoms with van der Waals surface area (Å²) in [6.45, 7) is -0.761. The molecule has 1 unspecified atom stereocenters. The van der Waals surface area contributed by atoms with Crippen molar-refractivity contribution in [3.8, 4) is 0 Å². The topological polar surface area (TPSA) is 209 Å². The minimum absolute atomic E-state index is 0.761. The summed E-state index contributed by atoms with van der Waals surface area (Å²) in [6, 6.07) is 0. The Morgan fingerprint density at radius 1 is 0.917 bits per heavy atom. The third kappa shape index (κ3) is 3.46. The number of ether oxygens (including phenoxy) is 3.